The average molecular weight is 463 g/mol. The Morgan fingerprint density at radius 1 is 1.12 bits per heavy atom. The summed E-state index contributed by atoms with van der Waals surface area (Å²) in [6.45, 7) is 5.52. The van der Waals surface area contributed by atoms with Gasteiger partial charge in [-0.15, -0.1) is 0 Å². The first-order valence-corrected chi connectivity index (χ1v) is 11.8. The number of anilines is 1. The second-order valence-electron chi connectivity index (χ2n) is 8.59. The van der Waals surface area contributed by atoms with E-state index in [4.69, 9.17) is 5.26 Å². The van der Waals surface area contributed by atoms with Crippen LogP contribution < -0.4 is 15.2 Å². The number of carbonyl (C=O) groups is 1. The lowest BCUT2D eigenvalue weighted by atomic mass is 9.90. The van der Waals surface area contributed by atoms with Gasteiger partial charge in [-0.3, -0.25) is 9.80 Å². The molecule has 0 aromatic heterocycles. The van der Waals surface area contributed by atoms with Gasteiger partial charge >= 0.3 is 6.18 Å². The predicted molar refractivity (Wildman–Crippen MR) is 119 cm³/mol. The molecule has 2 fully saturated rings. The van der Waals surface area contributed by atoms with E-state index >= 15 is 0 Å². The number of alkyl halides is 3. The van der Waals surface area contributed by atoms with Crippen LogP contribution in [-0.4, -0.2) is 23.7 Å². The van der Waals surface area contributed by atoms with Crippen molar-refractivity contribution in [3.63, 3.8) is 0 Å². The van der Waals surface area contributed by atoms with Crippen molar-refractivity contribution in [3.8, 4) is 6.07 Å². The molecule has 2 N–H and O–H groups in total. The summed E-state index contributed by atoms with van der Waals surface area (Å²) in [5.41, 5.74) is -0.364. The van der Waals surface area contributed by atoms with Crippen molar-refractivity contribution in [2.24, 2.45) is 0 Å². The minimum Gasteiger partial charge on any atom is -0.317 e. The van der Waals surface area contributed by atoms with Crippen molar-refractivity contribution in [2.45, 2.75) is 49.2 Å². The highest BCUT2D eigenvalue weighted by Crippen LogP contribution is 2.48. The molecular weight excluding hydrogens is 437 g/mol. The molecule has 2 aromatic rings. The van der Waals surface area contributed by atoms with Crippen LogP contribution in [-0.2, 0) is 11.0 Å². The van der Waals surface area contributed by atoms with Gasteiger partial charge in [0.2, 0.25) is 5.12 Å². The first kappa shape index (κ1) is 22.6. The van der Waals surface area contributed by atoms with Gasteiger partial charge in [0.1, 0.15) is 5.54 Å². The first-order valence-electron chi connectivity index (χ1n) is 10.5. The molecule has 1 atom stereocenters. The molecule has 2 saturated heterocycles. The van der Waals surface area contributed by atoms with Gasteiger partial charge in [0.05, 0.1) is 22.9 Å². The highest BCUT2D eigenvalue weighted by atomic mass is 32.2. The van der Waals surface area contributed by atoms with Crippen LogP contribution in [0, 0.1) is 11.3 Å². The number of nitriles is 1. The number of nitrogens with one attached hydrogen (secondary N) is 2. The highest BCUT2D eigenvalue weighted by molar-refractivity contribution is 8.28. The summed E-state index contributed by atoms with van der Waals surface area (Å²) in [7, 11) is 0. The molecule has 0 amide bonds. The lowest BCUT2D eigenvalue weighted by Crippen LogP contribution is -2.46. The molecule has 2 aliphatic heterocycles. The fourth-order valence-electron chi connectivity index (χ4n) is 4.25. The Balaban J connectivity index is 1.62. The van der Waals surface area contributed by atoms with E-state index in [0.717, 1.165) is 43.8 Å². The first-order chi connectivity index (χ1) is 15.1. The van der Waals surface area contributed by atoms with Gasteiger partial charge in [0.15, 0.2) is 0 Å². The Kier molecular flexibility index (Phi) is 5.96. The van der Waals surface area contributed by atoms with E-state index in [2.05, 4.69) is 22.3 Å². The number of halogens is 3. The van der Waals surface area contributed by atoms with E-state index < -0.39 is 33.9 Å². The maximum absolute atomic E-state index is 13.4. The molecule has 0 radical (unpaired) electrons. The number of thiol groups is 1. The summed E-state index contributed by atoms with van der Waals surface area (Å²) in [4.78, 5) is 16.6. The van der Waals surface area contributed by atoms with Crippen molar-refractivity contribution >= 4 is 21.9 Å². The zero-order chi connectivity index (χ0) is 23.1. The Morgan fingerprint density at radius 2 is 1.78 bits per heavy atom. The monoisotopic (exact) mass is 462 g/mol. The van der Waals surface area contributed by atoms with Gasteiger partial charge < -0.3 is 5.32 Å². The van der Waals surface area contributed by atoms with Crippen LogP contribution in [0.5, 0.6) is 0 Å². The summed E-state index contributed by atoms with van der Waals surface area (Å²) in [5, 5.41) is 14.0. The molecular formula is C23H25F3N4OS. The summed E-state index contributed by atoms with van der Waals surface area (Å²) in [6.07, 6.45) is -2.51. The van der Waals surface area contributed by atoms with Crippen molar-refractivity contribution in [3.05, 3.63) is 59.2 Å². The molecule has 32 heavy (non-hydrogen) atoms. The maximum Gasteiger partial charge on any atom is 0.417 e. The number of benzene rings is 2. The Labute approximate surface area is 188 Å². The maximum atomic E-state index is 13.4. The van der Waals surface area contributed by atoms with Gasteiger partial charge in [0.25, 0.3) is 0 Å². The molecule has 0 saturated carbocycles. The van der Waals surface area contributed by atoms with Crippen LogP contribution >= 0.6 is 11.1 Å². The third kappa shape index (κ3) is 4.10. The normalized spacial score (nSPS) is 22.7. The largest absolute Gasteiger partial charge is 0.417 e. The van der Waals surface area contributed by atoms with Gasteiger partial charge in [0, 0.05) is 4.90 Å². The van der Waals surface area contributed by atoms with Crippen LogP contribution in [0.25, 0.3) is 0 Å². The van der Waals surface area contributed by atoms with Gasteiger partial charge in [-0.05, 0) is 81.6 Å². The number of hydrogen-bond donors (Lipinski definition) is 3. The predicted octanol–water partition coefficient (Wildman–Crippen LogP) is 4.65. The topological polar surface area (TPSA) is 68.2 Å². The van der Waals surface area contributed by atoms with Crippen LogP contribution in [0.4, 0.5) is 18.9 Å². The van der Waals surface area contributed by atoms with Crippen LogP contribution in [0.3, 0.4) is 0 Å². The summed E-state index contributed by atoms with van der Waals surface area (Å²) >= 11 is -1.73. The number of piperidine rings is 1. The number of carbonyl (C=O) groups excluding carboxylic acids is 1. The molecule has 2 heterocycles. The number of rotatable bonds is 3. The molecule has 9 heteroatoms. The van der Waals surface area contributed by atoms with E-state index in [0.29, 0.717) is 5.92 Å². The Hall–Kier alpha value is -2.54. The third-order valence-electron chi connectivity index (χ3n) is 6.13. The van der Waals surface area contributed by atoms with Crippen molar-refractivity contribution in [2.75, 3.05) is 18.1 Å². The zero-order valence-corrected chi connectivity index (χ0v) is 18.7. The minimum absolute atomic E-state index is 0.173. The van der Waals surface area contributed by atoms with E-state index in [9.17, 15) is 18.0 Å². The molecule has 0 bridgehead atoms. The van der Waals surface area contributed by atoms with E-state index in [1.54, 1.807) is 24.9 Å². The molecule has 0 aliphatic carbocycles. The number of hydrazine groups is 1. The van der Waals surface area contributed by atoms with E-state index in [-0.39, 0.29) is 10.0 Å². The molecule has 2 aliphatic rings. The fourth-order valence-corrected chi connectivity index (χ4v) is 6.38. The summed E-state index contributed by atoms with van der Waals surface area (Å²) < 4.78 is 40.3. The number of nitrogens with zero attached hydrogens (tertiary/aromatic N) is 2. The minimum atomic E-state index is -4.67. The van der Waals surface area contributed by atoms with Gasteiger partial charge in [-0.2, -0.15) is 23.3 Å². The third-order valence-corrected chi connectivity index (χ3v) is 8.28. The van der Waals surface area contributed by atoms with E-state index in [1.807, 2.05) is 12.1 Å². The van der Waals surface area contributed by atoms with Crippen molar-refractivity contribution in [1.29, 1.82) is 5.26 Å². The zero-order valence-electron chi connectivity index (χ0n) is 17.8. The van der Waals surface area contributed by atoms with Crippen LogP contribution in [0.15, 0.2) is 47.4 Å². The number of hydrogen-bond acceptors (Lipinski definition) is 5. The lowest BCUT2D eigenvalue weighted by Gasteiger charge is -2.31. The lowest BCUT2D eigenvalue weighted by molar-refractivity contribution is -0.138. The molecule has 1 unspecified atom stereocenters. The summed E-state index contributed by atoms with van der Waals surface area (Å²) in [6, 6.07) is 13.1. The van der Waals surface area contributed by atoms with Crippen molar-refractivity contribution in [1.82, 2.24) is 10.1 Å². The second-order valence-corrected chi connectivity index (χ2v) is 10.4. The summed E-state index contributed by atoms with van der Waals surface area (Å²) in [5.74, 6) is 0.503. The molecule has 2 aromatic carbocycles. The smallest absolute Gasteiger partial charge is 0.317 e. The highest BCUT2D eigenvalue weighted by Gasteiger charge is 2.46. The van der Waals surface area contributed by atoms with E-state index in [1.165, 1.54) is 11.6 Å². The average Bonchev–Trinajstić information content (AvgIpc) is 3.02. The molecule has 0 spiro atoms. The van der Waals surface area contributed by atoms with Gasteiger partial charge in [-0.25, -0.2) is 0 Å². The van der Waals surface area contributed by atoms with Crippen LogP contribution in [0.1, 0.15) is 49.3 Å². The SMILES string of the molecule is CC1(C)C(=O)[SH](c2ccc(C#N)c(C(F)(F)F)c2)NN1c1ccc(C2CCNCC2)cc1. The Bertz CT molecular complexity index is 1060. The fraction of sp³-hybridized carbons (Fsp3) is 0.391. The standard InChI is InChI=1S/C23H25F3N4OS/c1-22(2)21(31)32(19-8-5-17(14-27)20(13-19)23(24,25)26)29-30(22)18-6-3-15(4-7-18)16-9-11-28-12-10-16/h3-8,13,16,28-29,32H,9-12H2,1-2H3. The molecule has 4 rings (SSSR count). The second kappa shape index (κ2) is 8.43. The molecule has 5 nitrogen and oxygen atoms in total. The van der Waals surface area contributed by atoms with Crippen LogP contribution in [0.2, 0.25) is 0 Å². The van der Waals surface area contributed by atoms with Crippen molar-refractivity contribution < 1.29 is 18.0 Å². The quantitative estimate of drug-likeness (QED) is 0.580. The Morgan fingerprint density at radius 3 is 2.38 bits per heavy atom. The van der Waals surface area contributed by atoms with Gasteiger partial charge in [-0.1, -0.05) is 23.2 Å². The molecule has 170 valence electrons.